The highest BCUT2D eigenvalue weighted by Gasteiger charge is 2.46. The van der Waals surface area contributed by atoms with Gasteiger partial charge in [-0.1, -0.05) is 42.5 Å². The normalized spacial score (nSPS) is 15.2. The maximum atomic E-state index is 12.8. The van der Waals surface area contributed by atoms with Gasteiger partial charge in [-0.2, -0.15) is 0 Å². The minimum absolute atomic E-state index is 0.122. The van der Waals surface area contributed by atoms with Gasteiger partial charge in [0.25, 0.3) is 5.91 Å². The predicted molar refractivity (Wildman–Crippen MR) is 93.8 cm³/mol. The van der Waals surface area contributed by atoms with Crippen molar-refractivity contribution in [1.82, 2.24) is 15.3 Å². The van der Waals surface area contributed by atoms with Crippen LogP contribution in [-0.2, 0) is 5.54 Å². The molecule has 1 fully saturated rings. The van der Waals surface area contributed by atoms with Gasteiger partial charge in [-0.25, -0.2) is 9.97 Å². The molecule has 0 aliphatic heterocycles. The van der Waals surface area contributed by atoms with E-state index in [9.17, 15) is 4.79 Å². The first-order chi connectivity index (χ1) is 11.6. The molecule has 120 valence electrons. The fourth-order valence-corrected chi connectivity index (χ4v) is 3.27. The minimum atomic E-state index is -0.275. The van der Waals surface area contributed by atoms with Crippen LogP contribution >= 0.6 is 0 Å². The van der Waals surface area contributed by atoms with Crippen LogP contribution in [0.3, 0.4) is 0 Å². The Balaban J connectivity index is 1.71. The van der Waals surface area contributed by atoms with Crippen molar-refractivity contribution < 1.29 is 4.79 Å². The minimum Gasteiger partial charge on any atom is -0.341 e. The molecule has 1 saturated carbocycles. The van der Waals surface area contributed by atoms with Gasteiger partial charge in [-0.3, -0.25) is 4.79 Å². The molecule has 4 nitrogen and oxygen atoms in total. The molecule has 0 atom stereocenters. The van der Waals surface area contributed by atoms with Crippen molar-refractivity contribution in [3.8, 4) is 0 Å². The number of fused-ring (bicyclic) bond motifs is 1. The number of aryl methyl sites for hydroxylation is 2. The number of aromatic nitrogens is 2. The number of rotatable bonds is 3. The average Bonchev–Trinajstić information content (AvgIpc) is 3.37. The highest BCUT2D eigenvalue weighted by Crippen LogP contribution is 2.48. The molecule has 0 spiro atoms. The molecule has 2 aromatic carbocycles. The summed E-state index contributed by atoms with van der Waals surface area (Å²) in [6.45, 7) is 3.67. The first-order valence-electron chi connectivity index (χ1n) is 8.20. The SMILES string of the molecule is Cc1ncc(C)c(C(=O)NC2(c3cccc4ccccc34)CC2)n1. The standard InChI is InChI=1S/C20H19N3O/c1-13-12-21-14(2)22-18(13)19(24)23-20(10-11-20)17-9-5-7-15-6-3-4-8-16(15)17/h3-9,12H,10-11H2,1-2H3,(H,23,24). The molecule has 3 aromatic rings. The molecule has 0 unspecified atom stereocenters. The highest BCUT2D eigenvalue weighted by atomic mass is 16.2. The van der Waals surface area contributed by atoms with Crippen molar-refractivity contribution >= 4 is 16.7 Å². The van der Waals surface area contributed by atoms with Gasteiger partial charge in [0.15, 0.2) is 0 Å². The van der Waals surface area contributed by atoms with Crippen molar-refractivity contribution in [1.29, 1.82) is 0 Å². The van der Waals surface area contributed by atoms with Crippen molar-refractivity contribution in [3.63, 3.8) is 0 Å². The summed E-state index contributed by atoms with van der Waals surface area (Å²) in [5, 5.41) is 5.63. The van der Waals surface area contributed by atoms with Gasteiger partial charge in [-0.05, 0) is 48.6 Å². The van der Waals surface area contributed by atoms with Crippen LogP contribution in [0, 0.1) is 13.8 Å². The van der Waals surface area contributed by atoms with E-state index in [2.05, 4.69) is 45.6 Å². The largest absolute Gasteiger partial charge is 0.341 e. The molecule has 4 rings (SSSR count). The van der Waals surface area contributed by atoms with Crippen molar-refractivity contribution in [3.05, 3.63) is 71.3 Å². The van der Waals surface area contributed by atoms with E-state index in [4.69, 9.17) is 0 Å². The number of hydrogen-bond acceptors (Lipinski definition) is 3. The zero-order valence-corrected chi connectivity index (χ0v) is 13.8. The fourth-order valence-electron chi connectivity index (χ4n) is 3.27. The molecule has 1 aliphatic rings. The summed E-state index contributed by atoms with van der Waals surface area (Å²) in [7, 11) is 0. The van der Waals surface area contributed by atoms with Crippen LogP contribution in [0.2, 0.25) is 0 Å². The van der Waals surface area contributed by atoms with E-state index in [1.807, 2.05) is 19.1 Å². The Morgan fingerprint density at radius 2 is 1.83 bits per heavy atom. The van der Waals surface area contributed by atoms with Crippen LogP contribution in [0.5, 0.6) is 0 Å². The molecule has 1 N–H and O–H groups in total. The molecule has 0 radical (unpaired) electrons. The van der Waals surface area contributed by atoms with Crippen molar-refractivity contribution in [2.75, 3.05) is 0 Å². The molecule has 0 saturated heterocycles. The average molecular weight is 317 g/mol. The number of hydrogen-bond donors (Lipinski definition) is 1. The zero-order chi connectivity index (χ0) is 16.7. The summed E-state index contributed by atoms with van der Waals surface area (Å²) < 4.78 is 0. The molecule has 4 heteroatoms. The summed E-state index contributed by atoms with van der Waals surface area (Å²) in [6, 6.07) is 14.6. The first-order valence-corrected chi connectivity index (χ1v) is 8.20. The van der Waals surface area contributed by atoms with E-state index in [1.54, 1.807) is 13.1 Å². The number of benzene rings is 2. The van der Waals surface area contributed by atoms with Gasteiger partial charge in [0, 0.05) is 6.20 Å². The quantitative estimate of drug-likeness (QED) is 0.802. The van der Waals surface area contributed by atoms with Crippen LogP contribution in [0.15, 0.2) is 48.7 Å². The van der Waals surface area contributed by atoms with E-state index in [1.165, 1.54) is 16.3 Å². The highest BCUT2D eigenvalue weighted by molar-refractivity contribution is 5.95. The summed E-state index contributed by atoms with van der Waals surface area (Å²) in [5.41, 5.74) is 2.18. The Kier molecular flexibility index (Phi) is 3.34. The third-order valence-corrected chi connectivity index (χ3v) is 4.72. The van der Waals surface area contributed by atoms with E-state index in [0.717, 1.165) is 18.4 Å². The fraction of sp³-hybridized carbons (Fsp3) is 0.250. The Bertz CT molecular complexity index is 939. The first kappa shape index (κ1) is 14.8. The maximum Gasteiger partial charge on any atom is 0.270 e. The van der Waals surface area contributed by atoms with Crippen LogP contribution < -0.4 is 5.32 Å². The monoisotopic (exact) mass is 317 g/mol. The molecular formula is C20H19N3O. The van der Waals surface area contributed by atoms with Crippen molar-refractivity contribution in [2.45, 2.75) is 32.2 Å². The second-order valence-corrected chi connectivity index (χ2v) is 6.51. The molecule has 1 heterocycles. The zero-order valence-electron chi connectivity index (χ0n) is 13.8. The lowest BCUT2D eigenvalue weighted by Crippen LogP contribution is -2.36. The van der Waals surface area contributed by atoms with Gasteiger partial charge in [0.1, 0.15) is 11.5 Å². The Morgan fingerprint density at radius 3 is 2.62 bits per heavy atom. The smallest absolute Gasteiger partial charge is 0.270 e. The molecule has 0 bridgehead atoms. The van der Waals surface area contributed by atoms with E-state index in [0.29, 0.717) is 11.5 Å². The van der Waals surface area contributed by atoms with Gasteiger partial charge in [0.05, 0.1) is 5.54 Å². The lowest BCUT2D eigenvalue weighted by atomic mass is 9.96. The third-order valence-electron chi connectivity index (χ3n) is 4.72. The second kappa shape index (κ2) is 5.41. The number of amides is 1. The molecule has 1 aliphatic carbocycles. The lowest BCUT2D eigenvalue weighted by molar-refractivity contribution is 0.0925. The van der Waals surface area contributed by atoms with Crippen LogP contribution in [0.4, 0.5) is 0 Å². The number of nitrogens with one attached hydrogen (secondary N) is 1. The van der Waals surface area contributed by atoms with Crippen LogP contribution in [0.25, 0.3) is 10.8 Å². The molecular weight excluding hydrogens is 298 g/mol. The van der Waals surface area contributed by atoms with Crippen LogP contribution in [-0.4, -0.2) is 15.9 Å². The number of carbonyl (C=O) groups is 1. The van der Waals surface area contributed by atoms with E-state index >= 15 is 0 Å². The summed E-state index contributed by atoms with van der Waals surface area (Å²) >= 11 is 0. The molecule has 1 amide bonds. The maximum absolute atomic E-state index is 12.8. The van der Waals surface area contributed by atoms with Crippen LogP contribution in [0.1, 0.15) is 40.3 Å². The molecule has 1 aromatic heterocycles. The lowest BCUT2D eigenvalue weighted by Gasteiger charge is -2.20. The van der Waals surface area contributed by atoms with E-state index in [-0.39, 0.29) is 11.4 Å². The number of carbonyl (C=O) groups excluding carboxylic acids is 1. The van der Waals surface area contributed by atoms with Gasteiger partial charge >= 0.3 is 0 Å². The Hall–Kier alpha value is -2.75. The van der Waals surface area contributed by atoms with Gasteiger partial charge in [-0.15, -0.1) is 0 Å². The Morgan fingerprint density at radius 1 is 1.08 bits per heavy atom. The second-order valence-electron chi connectivity index (χ2n) is 6.51. The van der Waals surface area contributed by atoms with E-state index < -0.39 is 0 Å². The summed E-state index contributed by atoms with van der Waals surface area (Å²) in [4.78, 5) is 21.2. The third kappa shape index (κ3) is 2.44. The van der Waals surface area contributed by atoms with Gasteiger partial charge < -0.3 is 5.32 Å². The van der Waals surface area contributed by atoms with Crippen molar-refractivity contribution in [2.24, 2.45) is 0 Å². The summed E-state index contributed by atoms with van der Waals surface area (Å²) in [5.74, 6) is 0.490. The predicted octanol–water partition coefficient (Wildman–Crippen LogP) is 3.67. The topological polar surface area (TPSA) is 54.9 Å². The Labute approximate surface area is 141 Å². The molecule has 24 heavy (non-hydrogen) atoms. The van der Waals surface area contributed by atoms with Gasteiger partial charge in [0.2, 0.25) is 0 Å². The summed E-state index contributed by atoms with van der Waals surface area (Å²) in [6.07, 6.45) is 3.61. The number of nitrogens with zero attached hydrogens (tertiary/aromatic N) is 2.